The second-order valence-corrected chi connectivity index (χ2v) is 4.90. The molecule has 3 heterocycles. The fourth-order valence-corrected chi connectivity index (χ4v) is 2.20. The molecule has 21 heavy (non-hydrogen) atoms. The Morgan fingerprint density at radius 3 is 2.95 bits per heavy atom. The fourth-order valence-electron chi connectivity index (χ4n) is 2.20. The predicted molar refractivity (Wildman–Crippen MR) is 75.6 cm³/mol. The topological polar surface area (TPSA) is 88.8 Å². The molecule has 0 saturated carbocycles. The van der Waals surface area contributed by atoms with Gasteiger partial charge in [-0.25, -0.2) is 0 Å². The summed E-state index contributed by atoms with van der Waals surface area (Å²) in [5, 5.41) is 19.0. The number of hydrogen-bond acceptors (Lipinski definition) is 6. The van der Waals surface area contributed by atoms with Gasteiger partial charge in [0.05, 0.1) is 6.54 Å². The molecule has 1 N–H and O–H groups in total. The first-order chi connectivity index (χ1) is 10.3. The molecule has 1 aliphatic rings. The molecule has 0 bridgehead atoms. The summed E-state index contributed by atoms with van der Waals surface area (Å²) < 4.78 is 1.95. The summed E-state index contributed by atoms with van der Waals surface area (Å²) in [6.45, 7) is 4.70. The molecule has 0 aliphatic carbocycles. The van der Waals surface area contributed by atoms with Crippen LogP contribution in [0, 0.1) is 0 Å². The SMILES string of the molecule is CCCNc1ccc(C(=O)N2CCn3cnnc3C2)nn1. The molecule has 0 saturated heterocycles. The minimum atomic E-state index is -0.126. The Kier molecular flexibility index (Phi) is 3.76. The number of hydrogen-bond donors (Lipinski definition) is 1. The molecule has 1 aliphatic heterocycles. The van der Waals surface area contributed by atoms with Gasteiger partial charge in [-0.1, -0.05) is 6.92 Å². The van der Waals surface area contributed by atoms with Gasteiger partial charge in [-0.3, -0.25) is 4.79 Å². The molecule has 2 aromatic heterocycles. The lowest BCUT2D eigenvalue weighted by molar-refractivity contribution is 0.0700. The Bertz CT molecular complexity index is 622. The summed E-state index contributed by atoms with van der Waals surface area (Å²) in [5.74, 6) is 1.36. The van der Waals surface area contributed by atoms with Crippen molar-refractivity contribution in [3.05, 3.63) is 30.0 Å². The molecule has 2 aromatic rings. The van der Waals surface area contributed by atoms with Crippen molar-refractivity contribution in [3.63, 3.8) is 0 Å². The van der Waals surface area contributed by atoms with E-state index in [4.69, 9.17) is 0 Å². The molecule has 8 nitrogen and oxygen atoms in total. The van der Waals surface area contributed by atoms with Crippen molar-refractivity contribution in [3.8, 4) is 0 Å². The van der Waals surface area contributed by atoms with Gasteiger partial charge in [0, 0.05) is 19.6 Å². The van der Waals surface area contributed by atoms with E-state index >= 15 is 0 Å². The first kappa shape index (κ1) is 13.5. The van der Waals surface area contributed by atoms with Gasteiger partial charge < -0.3 is 14.8 Å². The normalized spacial score (nSPS) is 13.9. The summed E-state index contributed by atoms with van der Waals surface area (Å²) in [7, 11) is 0. The van der Waals surface area contributed by atoms with Crippen LogP contribution in [0.4, 0.5) is 5.82 Å². The van der Waals surface area contributed by atoms with Crippen molar-refractivity contribution in [1.29, 1.82) is 0 Å². The van der Waals surface area contributed by atoms with Crippen LogP contribution < -0.4 is 5.32 Å². The Labute approximate surface area is 122 Å². The first-order valence-corrected chi connectivity index (χ1v) is 7.01. The Morgan fingerprint density at radius 1 is 1.29 bits per heavy atom. The molecule has 0 fully saturated rings. The van der Waals surface area contributed by atoms with Crippen LogP contribution in [0.15, 0.2) is 18.5 Å². The molecule has 0 radical (unpaired) electrons. The summed E-state index contributed by atoms with van der Waals surface area (Å²) in [4.78, 5) is 14.1. The van der Waals surface area contributed by atoms with Gasteiger partial charge >= 0.3 is 0 Å². The van der Waals surface area contributed by atoms with Crippen LogP contribution in [0.3, 0.4) is 0 Å². The number of fused-ring (bicyclic) bond motifs is 1. The van der Waals surface area contributed by atoms with Crippen LogP contribution in [-0.4, -0.2) is 48.9 Å². The molecule has 1 amide bonds. The van der Waals surface area contributed by atoms with Crippen molar-refractivity contribution >= 4 is 11.7 Å². The van der Waals surface area contributed by atoms with Crippen LogP contribution in [0.1, 0.15) is 29.7 Å². The second-order valence-electron chi connectivity index (χ2n) is 4.90. The summed E-state index contributed by atoms with van der Waals surface area (Å²) in [5.41, 5.74) is 0.352. The molecule has 3 rings (SSSR count). The number of amides is 1. The van der Waals surface area contributed by atoms with E-state index in [0.717, 1.165) is 18.8 Å². The summed E-state index contributed by atoms with van der Waals surface area (Å²) >= 11 is 0. The highest BCUT2D eigenvalue weighted by Crippen LogP contribution is 2.12. The van der Waals surface area contributed by atoms with Gasteiger partial charge in [0.1, 0.15) is 12.1 Å². The third kappa shape index (κ3) is 2.83. The maximum Gasteiger partial charge on any atom is 0.274 e. The van der Waals surface area contributed by atoms with Crippen LogP contribution in [0.2, 0.25) is 0 Å². The molecular formula is C13H17N7O. The average molecular weight is 287 g/mol. The lowest BCUT2D eigenvalue weighted by Crippen LogP contribution is -2.38. The molecule has 0 aromatic carbocycles. The maximum absolute atomic E-state index is 12.4. The van der Waals surface area contributed by atoms with Crippen molar-refractivity contribution in [2.75, 3.05) is 18.4 Å². The highest BCUT2D eigenvalue weighted by molar-refractivity contribution is 5.92. The Hall–Kier alpha value is -2.51. The van der Waals surface area contributed by atoms with Crippen molar-refractivity contribution < 1.29 is 4.79 Å². The quantitative estimate of drug-likeness (QED) is 0.883. The zero-order valence-electron chi connectivity index (χ0n) is 11.9. The number of nitrogens with zero attached hydrogens (tertiary/aromatic N) is 6. The first-order valence-electron chi connectivity index (χ1n) is 7.01. The number of carbonyl (C=O) groups excluding carboxylic acids is 1. The molecule has 0 spiro atoms. The highest BCUT2D eigenvalue weighted by Gasteiger charge is 2.23. The summed E-state index contributed by atoms with van der Waals surface area (Å²) in [6.07, 6.45) is 2.70. The maximum atomic E-state index is 12.4. The number of rotatable bonds is 4. The smallest absolute Gasteiger partial charge is 0.274 e. The third-order valence-corrected chi connectivity index (χ3v) is 3.37. The average Bonchev–Trinajstić information content (AvgIpc) is 3.00. The molecule has 0 unspecified atom stereocenters. The van der Waals surface area contributed by atoms with Gasteiger partial charge in [0.2, 0.25) is 0 Å². The second kappa shape index (κ2) is 5.86. The molecule has 110 valence electrons. The number of nitrogens with one attached hydrogen (secondary N) is 1. The van der Waals surface area contributed by atoms with E-state index in [1.54, 1.807) is 23.4 Å². The summed E-state index contributed by atoms with van der Waals surface area (Å²) in [6, 6.07) is 3.48. The highest BCUT2D eigenvalue weighted by atomic mass is 16.2. The van der Waals surface area contributed by atoms with Gasteiger partial charge in [-0.15, -0.1) is 20.4 Å². The lowest BCUT2D eigenvalue weighted by Gasteiger charge is -2.26. The van der Waals surface area contributed by atoms with Gasteiger partial charge in [-0.2, -0.15) is 0 Å². The molecule has 8 heteroatoms. The number of carbonyl (C=O) groups is 1. The van der Waals surface area contributed by atoms with Gasteiger partial charge in [0.25, 0.3) is 5.91 Å². The monoisotopic (exact) mass is 287 g/mol. The van der Waals surface area contributed by atoms with Crippen LogP contribution in [-0.2, 0) is 13.1 Å². The van der Waals surface area contributed by atoms with Crippen LogP contribution >= 0.6 is 0 Å². The zero-order valence-corrected chi connectivity index (χ0v) is 11.9. The third-order valence-electron chi connectivity index (χ3n) is 3.37. The van der Waals surface area contributed by atoms with E-state index in [1.165, 1.54) is 0 Å². The Morgan fingerprint density at radius 2 is 2.19 bits per heavy atom. The molecular weight excluding hydrogens is 270 g/mol. The molecule has 0 atom stereocenters. The number of aromatic nitrogens is 5. The van der Waals surface area contributed by atoms with E-state index in [0.29, 0.717) is 31.1 Å². The van der Waals surface area contributed by atoms with E-state index in [2.05, 4.69) is 32.6 Å². The van der Waals surface area contributed by atoms with Crippen molar-refractivity contribution in [2.45, 2.75) is 26.4 Å². The minimum Gasteiger partial charge on any atom is -0.369 e. The zero-order chi connectivity index (χ0) is 14.7. The van der Waals surface area contributed by atoms with E-state index in [-0.39, 0.29) is 5.91 Å². The largest absolute Gasteiger partial charge is 0.369 e. The minimum absolute atomic E-state index is 0.126. The van der Waals surface area contributed by atoms with Crippen LogP contribution in [0.25, 0.3) is 0 Å². The van der Waals surface area contributed by atoms with Gasteiger partial charge in [-0.05, 0) is 18.6 Å². The Balaban J connectivity index is 1.68. The van der Waals surface area contributed by atoms with Crippen molar-refractivity contribution in [1.82, 2.24) is 29.9 Å². The predicted octanol–water partition coefficient (Wildman–Crippen LogP) is 0.546. The van der Waals surface area contributed by atoms with E-state index in [9.17, 15) is 4.79 Å². The van der Waals surface area contributed by atoms with E-state index in [1.807, 2.05) is 4.57 Å². The van der Waals surface area contributed by atoms with E-state index < -0.39 is 0 Å². The fraction of sp³-hybridized carbons (Fsp3) is 0.462. The number of anilines is 1. The van der Waals surface area contributed by atoms with Crippen LogP contribution in [0.5, 0.6) is 0 Å². The van der Waals surface area contributed by atoms with Gasteiger partial charge in [0.15, 0.2) is 11.5 Å². The standard InChI is InChI=1S/C13H17N7O/c1-2-5-14-11-4-3-10(16-17-11)13(21)19-6-7-20-9-15-18-12(20)8-19/h3-4,9H,2,5-8H2,1H3,(H,14,17). The lowest BCUT2D eigenvalue weighted by atomic mass is 10.3. The van der Waals surface area contributed by atoms with Crippen molar-refractivity contribution in [2.24, 2.45) is 0 Å².